The lowest BCUT2D eigenvalue weighted by atomic mass is 10.1. The van der Waals surface area contributed by atoms with E-state index in [0.29, 0.717) is 22.8 Å². The molecular formula is C20H17N5O2. The van der Waals surface area contributed by atoms with Gasteiger partial charge in [-0.15, -0.1) is 0 Å². The summed E-state index contributed by atoms with van der Waals surface area (Å²) in [6, 6.07) is 17.1. The lowest BCUT2D eigenvalue weighted by molar-refractivity contribution is 0.0946. The summed E-state index contributed by atoms with van der Waals surface area (Å²) in [5, 5.41) is 11.2. The van der Waals surface area contributed by atoms with E-state index in [1.54, 1.807) is 10.9 Å². The Balaban J connectivity index is 1.45. The van der Waals surface area contributed by atoms with Gasteiger partial charge in [0.15, 0.2) is 11.6 Å². The van der Waals surface area contributed by atoms with E-state index in [9.17, 15) is 4.79 Å². The molecule has 3 heterocycles. The predicted octanol–water partition coefficient (Wildman–Crippen LogP) is 3.16. The average Bonchev–Trinajstić information content (AvgIpc) is 3.34. The van der Waals surface area contributed by atoms with Gasteiger partial charge in [0.05, 0.1) is 24.0 Å². The first kappa shape index (κ1) is 16.7. The van der Waals surface area contributed by atoms with E-state index < -0.39 is 0 Å². The standard InChI is InChI=1S/C20H17N5O2/c1-14-17(13-23-25(14)19-9-5-6-10-21-19)20(26)22-12-16-11-18(24-27-16)15-7-3-2-4-8-15/h2-11,13H,12H2,1H3,(H,22,26). The molecular weight excluding hydrogens is 342 g/mol. The minimum Gasteiger partial charge on any atom is -0.359 e. The number of benzene rings is 1. The Kier molecular flexibility index (Phi) is 4.49. The minimum absolute atomic E-state index is 0.229. The molecule has 27 heavy (non-hydrogen) atoms. The summed E-state index contributed by atoms with van der Waals surface area (Å²) in [4.78, 5) is 16.8. The fourth-order valence-electron chi connectivity index (χ4n) is 2.75. The quantitative estimate of drug-likeness (QED) is 0.591. The third-order valence-electron chi connectivity index (χ3n) is 4.17. The van der Waals surface area contributed by atoms with Crippen LogP contribution in [0.15, 0.2) is 71.5 Å². The lowest BCUT2D eigenvalue weighted by Gasteiger charge is -2.04. The fourth-order valence-corrected chi connectivity index (χ4v) is 2.75. The van der Waals surface area contributed by atoms with E-state index >= 15 is 0 Å². The first-order valence-corrected chi connectivity index (χ1v) is 8.47. The molecule has 1 N–H and O–H groups in total. The Morgan fingerprint density at radius 2 is 1.96 bits per heavy atom. The van der Waals surface area contributed by atoms with Crippen LogP contribution < -0.4 is 5.32 Å². The molecule has 0 saturated heterocycles. The summed E-state index contributed by atoms with van der Waals surface area (Å²) in [7, 11) is 0. The van der Waals surface area contributed by atoms with Gasteiger partial charge in [-0.3, -0.25) is 4.79 Å². The van der Waals surface area contributed by atoms with Gasteiger partial charge in [0.1, 0.15) is 5.69 Å². The van der Waals surface area contributed by atoms with Gasteiger partial charge < -0.3 is 9.84 Å². The van der Waals surface area contributed by atoms with E-state index in [2.05, 4.69) is 20.6 Å². The summed E-state index contributed by atoms with van der Waals surface area (Å²) in [5.41, 5.74) is 2.91. The Hall–Kier alpha value is -3.74. The predicted molar refractivity (Wildman–Crippen MR) is 99.2 cm³/mol. The monoisotopic (exact) mass is 359 g/mol. The first-order valence-electron chi connectivity index (χ1n) is 8.47. The number of hydrogen-bond donors (Lipinski definition) is 1. The van der Waals surface area contributed by atoms with Crippen LogP contribution in [0, 0.1) is 6.92 Å². The number of nitrogens with zero attached hydrogens (tertiary/aromatic N) is 4. The second kappa shape index (κ2) is 7.25. The Bertz CT molecular complexity index is 1050. The van der Waals surface area contributed by atoms with Crippen LogP contribution in [0.1, 0.15) is 21.8 Å². The molecule has 7 nitrogen and oxygen atoms in total. The van der Waals surface area contributed by atoms with Crippen LogP contribution in [0.2, 0.25) is 0 Å². The van der Waals surface area contributed by atoms with Gasteiger partial charge >= 0.3 is 0 Å². The molecule has 4 aromatic rings. The van der Waals surface area contributed by atoms with Crippen LogP contribution in [-0.4, -0.2) is 25.8 Å². The summed E-state index contributed by atoms with van der Waals surface area (Å²) >= 11 is 0. The highest BCUT2D eigenvalue weighted by Crippen LogP contribution is 2.18. The van der Waals surface area contributed by atoms with Gasteiger partial charge in [-0.25, -0.2) is 9.67 Å². The number of carbonyl (C=O) groups is 1. The molecule has 0 atom stereocenters. The van der Waals surface area contributed by atoms with Crippen molar-refractivity contribution >= 4 is 5.91 Å². The zero-order valence-electron chi connectivity index (χ0n) is 14.7. The molecule has 0 aliphatic heterocycles. The maximum atomic E-state index is 12.5. The van der Waals surface area contributed by atoms with Gasteiger partial charge in [0, 0.05) is 17.8 Å². The summed E-state index contributed by atoms with van der Waals surface area (Å²) in [5.74, 6) is 1.01. The van der Waals surface area contributed by atoms with Crippen LogP contribution in [0.25, 0.3) is 17.1 Å². The zero-order chi connectivity index (χ0) is 18.6. The second-order valence-electron chi connectivity index (χ2n) is 5.97. The molecule has 0 bridgehead atoms. The van der Waals surface area contributed by atoms with E-state index in [4.69, 9.17) is 4.52 Å². The molecule has 3 aromatic heterocycles. The number of rotatable bonds is 5. The van der Waals surface area contributed by atoms with Crippen molar-refractivity contribution in [1.82, 2.24) is 25.2 Å². The van der Waals surface area contributed by atoms with Crippen LogP contribution in [0.5, 0.6) is 0 Å². The number of pyridine rings is 1. The number of carbonyl (C=O) groups excluding carboxylic acids is 1. The fraction of sp³-hybridized carbons (Fsp3) is 0.100. The first-order chi connectivity index (χ1) is 13.2. The Labute approximate surface area is 155 Å². The average molecular weight is 359 g/mol. The van der Waals surface area contributed by atoms with Gasteiger partial charge in [0.25, 0.3) is 5.91 Å². The van der Waals surface area contributed by atoms with Gasteiger partial charge in [-0.2, -0.15) is 5.10 Å². The van der Waals surface area contributed by atoms with Crippen LogP contribution in [-0.2, 0) is 6.54 Å². The van der Waals surface area contributed by atoms with E-state index in [1.165, 1.54) is 6.20 Å². The molecule has 0 aliphatic carbocycles. The van der Waals surface area contributed by atoms with E-state index in [-0.39, 0.29) is 12.5 Å². The molecule has 7 heteroatoms. The van der Waals surface area contributed by atoms with Crippen LogP contribution in [0.3, 0.4) is 0 Å². The highest BCUT2D eigenvalue weighted by molar-refractivity contribution is 5.95. The van der Waals surface area contributed by atoms with Crippen molar-refractivity contribution in [2.45, 2.75) is 13.5 Å². The van der Waals surface area contributed by atoms with Crippen molar-refractivity contribution < 1.29 is 9.32 Å². The highest BCUT2D eigenvalue weighted by atomic mass is 16.5. The number of aromatic nitrogens is 4. The van der Waals surface area contributed by atoms with E-state index in [1.807, 2.05) is 61.5 Å². The zero-order valence-corrected chi connectivity index (χ0v) is 14.7. The SMILES string of the molecule is Cc1c(C(=O)NCc2cc(-c3ccccc3)no2)cnn1-c1ccccn1. The molecule has 0 aliphatic rings. The molecule has 0 spiro atoms. The molecule has 134 valence electrons. The molecule has 1 aromatic carbocycles. The topological polar surface area (TPSA) is 85.8 Å². The summed E-state index contributed by atoms with van der Waals surface area (Å²) in [6.07, 6.45) is 3.22. The maximum absolute atomic E-state index is 12.5. The van der Waals surface area contributed by atoms with Gasteiger partial charge in [0.2, 0.25) is 0 Å². The number of amides is 1. The summed E-state index contributed by atoms with van der Waals surface area (Å²) in [6.45, 7) is 2.07. The molecule has 1 amide bonds. The Morgan fingerprint density at radius 3 is 2.74 bits per heavy atom. The summed E-state index contributed by atoms with van der Waals surface area (Å²) < 4.78 is 6.95. The van der Waals surface area contributed by atoms with E-state index in [0.717, 1.165) is 11.3 Å². The smallest absolute Gasteiger partial charge is 0.255 e. The van der Waals surface area contributed by atoms with Gasteiger partial charge in [-0.1, -0.05) is 41.6 Å². The normalized spacial score (nSPS) is 10.7. The van der Waals surface area contributed by atoms with Crippen molar-refractivity contribution in [2.24, 2.45) is 0 Å². The highest BCUT2D eigenvalue weighted by Gasteiger charge is 2.16. The number of nitrogens with one attached hydrogen (secondary N) is 1. The molecule has 4 rings (SSSR count). The van der Waals surface area contributed by atoms with Gasteiger partial charge in [-0.05, 0) is 19.1 Å². The lowest BCUT2D eigenvalue weighted by Crippen LogP contribution is -2.23. The molecule has 0 radical (unpaired) electrons. The Morgan fingerprint density at radius 1 is 1.15 bits per heavy atom. The molecule has 0 saturated carbocycles. The second-order valence-corrected chi connectivity index (χ2v) is 5.97. The molecule has 0 unspecified atom stereocenters. The van der Waals surface area contributed by atoms with Crippen molar-refractivity contribution in [3.05, 3.63) is 84.0 Å². The van der Waals surface area contributed by atoms with Crippen LogP contribution >= 0.6 is 0 Å². The van der Waals surface area contributed by atoms with Crippen molar-refractivity contribution in [2.75, 3.05) is 0 Å². The third-order valence-corrected chi connectivity index (χ3v) is 4.17. The van der Waals surface area contributed by atoms with Crippen molar-refractivity contribution in [3.8, 4) is 17.1 Å². The minimum atomic E-state index is -0.229. The van der Waals surface area contributed by atoms with Crippen LogP contribution in [0.4, 0.5) is 0 Å². The largest absolute Gasteiger partial charge is 0.359 e. The molecule has 0 fully saturated rings. The van der Waals surface area contributed by atoms with Crippen molar-refractivity contribution in [3.63, 3.8) is 0 Å². The maximum Gasteiger partial charge on any atom is 0.255 e. The van der Waals surface area contributed by atoms with Crippen molar-refractivity contribution in [1.29, 1.82) is 0 Å². The number of hydrogen-bond acceptors (Lipinski definition) is 5. The third kappa shape index (κ3) is 3.48.